The van der Waals surface area contributed by atoms with Crippen LogP contribution in [0.4, 0.5) is 5.69 Å². The third-order valence-corrected chi connectivity index (χ3v) is 3.22. The van der Waals surface area contributed by atoms with Crippen LogP contribution in [0.5, 0.6) is 0 Å². The topological polar surface area (TPSA) is 122 Å². The van der Waals surface area contributed by atoms with Crippen LogP contribution in [0.25, 0.3) is 0 Å². The Hall–Kier alpha value is -2.97. The maximum absolute atomic E-state index is 11.8. The molecule has 1 saturated heterocycles. The summed E-state index contributed by atoms with van der Waals surface area (Å²) in [7, 11) is 0. The number of carbonyl (C=O) groups is 3. The van der Waals surface area contributed by atoms with Crippen molar-refractivity contribution >= 4 is 23.4 Å². The second kappa shape index (κ2) is 6.66. The van der Waals surface area contributed by atoms with Crippen LogP contribution in [-0.2, 0) is 9.59 Å². The molecule has 1 aromatic carbocycles. The van der Waals surface area contributed by atoms with Crippen LogP contribution in [0.1, 0.15) is 23.2 Å². The molecule has 0 spiro atoms. The van der Waals surface area contributed by atoms with Crippen LogP contribution in [0, 0.1) is 10.1 Å². The fourth-order valence-corrected chi connectivity index (χ4v) is 2.04. The summed E-state index contributed by atoms with van der Waals surface area (Å²) in [6, 6.07) is 4.85. The number of rotatable bonds is 2. The second-order valence-electron chi connectivity index (χ2n) is 4.71. The standard InChI is InChI=1S/C13H14N4O5/c18-11(9-3-5-10(6-4-9)17(21)22)14-15-12(19)13(20)16-7-1-2-8-16/h3-6H,1-2,7-8H2,(H,14,18)(H,15,19). The molecule has 1 aromatic rings. The minimum absolute atomic E-state index is 0.125. The van der Waals surface area contributed by atoms with Crippen molar-refractivity contribution < 1.29 is 19.3 Å². The highest BCUT2D eigenvalue weighted by atomic mass is 16.6. The molecule has 1 aliphatic rings. The van der Waals surface area contributed by atoms with E-state index in [1.54, 1.807) is 0 Å². The Bertz CT molecular complexity index is 607. The number of likely N-dealkylation sites (tertiary alicyclic amines) is 1. The maximum atomic E-state index is 11.8. The first-order valence-electron chi connectivity index (χ1n) is 6.63. The molecular weight excluding hydrogens is 292 g/mol. The van der Waals surface area contributed by atoms with Crippen molar-refractivity contribution in [3.8, 4) is 0 Å². The molecule has 22 heavy (non-hydrogen) atoms. The molecule has 116 valence electrons. The summed E-state index contributed by atoms with van der Waals surface area (Å²) in [5.74, 6) is -2.28. The average Bonchev–Trinajstić information content (AvgIpc) is 3.06. The number of nitro benzene ring substituents is 1. The number of nitrogens with one attached hydrogen (secondary N) is 2. The number of hydrazine groups is 1. The van der Waals surface area contributed by atoms with Crippen LogP contribution < -0.4 is 10.9 Å². The Balaban J connectivity index is 1.87. The van der Waals surface area contributed by atoms with Crippen molar-refractivity contribution in [1.82, 2.24) is 15.8 Å². The normalized spacial score (nSPS) is 13.5. The minimum atomic E-state index is -0.919. The van der Waals surface area contributed by atoms with Crippen LogP contribution in [-0.4, -0.2) is 40.6 Å². The first-order valence-corrected chi connectivity index (χ1v) is 6.63. The third-order valence-electron chi connectivity index (χ3n) is 3.22. The van der Waals surface area contributed by atoms with Crippen molar-refractivity contribution in [1.29, 1.82) is 0 Å². The van der Waals surface area contributed by atoms with Gasteiger partial charge in [0.1, 0.15) is 0 Å². The molecule has 0 saturated carbocycles. The lowest BCUT2D eigenvalue weighted by molar-refractivity contribution is -0.384. The first kappa shape index (κ1) is 15.4. The summed E-state index contributed by atoms with van der Waals surface area (Å²) in [5.41, 5.74) is 4.10. The quantitative estimate of drug-likeness (QED) is 0.451. The molecule has 1 fully saturated rings. The lowest BCUT2D eigenvalue weighted by Crippen LogP contribution is -2.49. The van der Waals surface area contributed by atoms with Gasteiger partial charge in [0.25, 0.3) is 11.6 Å². The van der Waals surface area contributed by atoms with E-state index in [-0.39, 0.29) is 11.3 Å². The van der Waals surface area contributed by atoms with E-state index in [2.05, 4.69) is 5.43 Å². The number of hydrogen-bond acceptors (Lipinski definition) is 5. The average molecular weight is 306 g/mol. The summed E-state index contributed by atoms with van der Waals surface area (Å²) in [6.07, 6.45) is 1.71. The van der Waals surface area contributed by atoms with E-state index in [4.69, 9.17) is 0 Å². The number of nitrogens with zero attached hydrogens (tertiary/aromatic N) is 2. The molecular formula is C13H14N4O5. The summed E-state index contributed by atoms with van der Waals surface area (Å²) in [6.45, 7) is 1.06. The zero-order chi connectivity index (χ0) is 16.1. The van der Waals surface area contributed by atoms with Crippen molar-refractivity contribution in [2.75, 3.05) is 13.1 Å². The number of nitro groups is 1. The Labute approximate surface area is 125 Å². The first-order chi connectivity index (χ1) is 10.5. The fraction of sp³-hybridized carbons (Fsp3) is 0.308. The van der Waals surface area contributed by atoms with E-state index in [0.717, 1.165) is 12.8 Å². The lowest BCUT2D eigenvalue weighted by Gasteiger charge is -2.14. The Morgan fingerprint density at radius 1 is 1.05 bits per heavy atom. The van der Waals surface area contributed by atoms with Gasteiger partial charge in [0.15, 0.2) is 0 Å². The lowest BCUT2D eigenvalue weighted by atomic mass is 10.2. The van der Waals surface area contributed by atoms with Gasteiger partial charge in [0.05, 0.1) is 4.92 Å². The largest absolute Gasteiger partial charge is 0.334 e. The summed E-state index contributed by atoms with van der Waals surface area (Å²) in [4.78, 5) is 46.4. The molecule has 0 atom stereocenters. The van der Waals surface area contributed by atoms with E-state index in [1.807, 2.05) is 5.43 Å². The van der Waals surface area contributed by atoms with Gasteiger partial charge >= 0.3 is 11.8 Å². The highest BCUT2D eigenvalue weighted by Gasteiger charge is 2.24. The van der Waals surface area contributed by atoms with Gasteiger partial charge in [0.2, 0.25) is 0 Å². The molecule has 2 N–H and O–H groups in total. The number of non-ortho nitro benzene ring substituents is 1. The molecule has 3 amide bonds. The van der Waals surface area contributed by atoms with Crippen molar-refractivity contribution in [2.24, 2.45) is 0 Å². The van der Waals surface area contributed by atoms with Crippen LogP contribution in [0.3, 0.4) is 0 Å². The van der Waals surface area contributed by atoms with Crippen LogP contribution in [0.2, 0.25) is 0 Å². The van der Waals surface area contributed by atoms with E-state index in [0.29, 0.717) is 13.1 Å². The number of hydrogen-bond donors (Lipinski definition) is 2. The molecule has 0 aromatic heterocycles. The molecule has 2 rings (SSSR count). The molecule has 0 unspecified atom stereocenters. The SMILES string of the molecule is O=C(NNC(=O)c1ccc([N+](=O)[O-])cc1)C(=O)N1CCCC1. The zero-order valence-corrected chi connectivity index (χ0v) is 11.6. The molecule has 1 heterocycles. The molecule has 0 aliphatic carbocycles. The second-order valence-corrected chi connectivity index (χ2v) is 4.71. The van der Waals surface area contributed by atoms with Crippen molar-refractivity contribution in [2.45, 2.75) is 12.8 Å². The monoisotopic (exact) mass is 306 g/mol. The minimum Gasteiger partial charge on any atom is -0.334 e. The van der Waals surface area contributed by atoms with E-state index in [9.17, 15) is 24.5 Å². The highest BCUT2D eigenvalue weighted by molar-refractivity contribution is 6.35. The van der Waals surface area contributed by atoms with Gasteiger partial charge in [-0.25, -0.2) is 0 Å². The number of benzene rings is 1. The predicted molar refractivity (Wildman–Crippen MR) is 74.5 cm³/mol. The van der Waals surface area contributed by atoms with Gasteiger partial charge in [-0.15, -0.1) is 0 Å². The summed E-state index contributed by atoms with van der Waals surface area (Å²) < 4.78 is 0. The number of amides is 3. The molecule has 9 heteroatoms. The third kappa shape index (κ3) is 3.57. The van der Waals surface area contributed by atoms with E-state index >= 15 is 0 Å². The van der Waals surface area contributed by atoms with Gasteiger partial charge in [-0.1, -0.05) is 0 Å². The van der Waals surface area contributed by atoms with Gasteiger partial charge in [-0.05, 0) is 25.0 Å². The van der Waals surface area contributed by atoms with E-state index in [1.165, 1.54) is 29.2 Å². The fourth-order valence-electron chi connectivity index (χ4n) is 2.04. The van der Waals surface area contributed by atoms with E-state index < -0.39 is 22.6 Å². The summed E-state index contributed by atoms with van der Waals surface area (Å²) >= 11 is 0. The summed E-state index contributed by atoms with van der Waals surface area (Å²) in [5, 5.41) is 10.5. The highest BCUT2D eigenvalue weighted by Crippen LogP contribution is 2.11. The molecule has 9 nitrogen and oxygen atoms in total. The molecule has 0 radical (unpaired) electrons. The Morgan fingerprint density at radius 2 is 1.64 bits per heavy atom. The van der Waals surface area contributed by atoms with Gasteiger partial charge in [0, 0.05) is 30.8 Å². The molecule has 0 bridgehead atoms. The van der Waals surface area contributed by atoms with Crippen molar-refractivity contribution in [3.05, 3.63) is 39.9 Å². The smallest absolute Gasteiger partial charge is 0.327 e. The Kier molecular flexibility index (Phi) is 4.66. The zero-order valence-electron chi connectivity index (χ0n) is 11.6. The van der Waals surface area contributed by atoms with Gasteiger partial charge in [-0.3, -0.25) is 35.3 Å². The molecule has 1 aliphatic heterocycles. The van der Waals surface area contributed by atoms with Gasteiger partial charge in [-0.2, -0.15) is 0 Å². The van der Waals surface area contributed by atoms with Gasteiger partial charge < -0.3 is 4.90 Å². The van der Waals surface area contributed by atoms with Crippen LogP contribution >= 0.6 is 0 Å². The van der Waals surface area contributed by atoms with Crippen molar-refractivity contribution in [3.63, 3.8) is 0 Å². The van der Waals surface area contributed by atoms with Crippen LogP contribution in [0.15, 0.2) is 24.3 Å². The number of carbonyl (C=O) groups excluding carboxylic acids is 3. The predicted octanol–water partition coefficient (Wildman–Crippen LogP) is -0.0218. The Morgan fingerprint density at radius 3 is 2.18 bits per heavy atom. The maximum Gasteiger partial charge on any atom is 0.327 e.